The molecule has 1 N–H and O–H groups in total. The summed E-state index contributed by atoms with van der Waals surface area (Å²) < 4.78 is 5.11. The molecule has 2 rings (SSSR count). The number of rotatable bonds is 6. The van der Waals surface area contributed by atoms with Gasteiger partial charge in [0, 0.05) is 17.8 Å². The Morgan fingerprint density at radius 1 is 1.17 bits per heavy atom. The van der Waals surface area contributed by atoms with Crippen LogP contribution in [0.4, 0.5) is 11.4 Å². The minimum atomic E-state index is -0.669. The summed E-state index contributed by atoms with van der Waals surface area (Å²) in [6.45, 7) is 3.99. The first-order valence-corrected chi connectivity index (χ1v) is 7.25. The highest BCUT2D eigenvalue weighted by atomic mass is 16.6. The van der Waals surface area contributed by atoms with E-state index in [0.717, 1.165) is 11.1 Å². The van der Waals surface area contributed by atoms with Gasteiger partial charge in [0.2, 0.25) is 0 Å². The number of anilines is 1. The predicted octanol–water partition coefficient (Wildman–Crippen LogP) is 3.62. The molecule has 1 atom stereocenters. The second-order valence-corrected chi connectivity index (χ2v) is 5.04. The number of carbonyl (C=O) groups excluding carboxylic acids is 1. The third-order valence-electron chi connectivity index (χ3n) is 3.32. The van der Waals surface area contributed by atoms with E-state index in [9.17, 15) is 14.9 Å². The maximum absolute atomic E-state index is 12.2. The number of ether oxygens (including phenoxy) is 1. The molecule has 0 aliphatic heterocycles. The first kappa shape index (κ1) is 16.5. The topological polar surface area (TPSA) is 81.5 Å². The zero-order chi connectivity index (χ0) is 16.8. The highest BCUT2D eigenvalue weighted by Crippen LogP contribution is 2.23. The van der Waals surface area contributed by atoms with Crippen LogP contribution in [0.3, 0.4) is 0 Å². The smallest absolute Gasteiger partial charge is 0.333 e. The van der Waals surface area contributed by atoms with Gasteiger partial charge in [0.05, 0.1) is 11.5 Å². The molecule has 2 aromatic carbocycles. The zero-order valence-corrected chi connectivity index (χ0v) is 13.0. The van der Waals surface area contributed by atoms with Crippen LogP contribution in [0.1, 0.15) is 24.1 Å². The molecule has 0 aromatic heterocycles. The molecule has 0 saturated carbocycles. The molecule has 120 valence electrons. The number of esters is 1. The fourth-order valence-electron chi connectivity index (χ4n) is 2.11. The van der Waals surface area contributed by atoms with Crippen molar-refractivity contribution < 1.29 is 14.5 Å². The first-order valence-electron chi connectivity index (χ1n) is 7.25. The molecule has 0 saturated heterocycles. The number of nitrogens with zero attached hydrogens (tertiary/aromatic N) is 1. The zero-order valence-electron chi connectivity index (χ0n) is 13.0. The van der Waals surface area contributed by atoms with Gasteiger partial charge >= 0.3 is 5.97 Å². The van der Waals surface area contributed by atoms with Crippen molar-refractivity contribution in [3.8, 4) is 0 Å². The summed E-state index contributed by atoms with van der Waals surface area (Å²) in [6.07, 6.45) is 0. The Kier molecular flexibility index (Phi) is 5.30. The second-order valence-electron chi connectivity index (χ2n) is 5.04. The van der Waals surface area contributed by atoms with E-state index in [-0.39, 0.29) is 12.3 Å². The van der Waals surface area contributed by atoms with Crippen molar-refractivity contribution in [1.29, 1.82) is 0 Å². The molecule has 1 unspecified atom stereocenters. The third-order valence-corrected chi connectivity index (χ3v) is 3.32. The SMILES string of the molecule is CCOC(=O)C(Nc1ccc([N+](=O)[O-])cc1)c1ccc(C)cc1. The summed E-state index contributed by atoms with van der Waals surface area (Å²) in [6, 6.07) is 12.8. The van der Waals surface area contributed by atoms with Crippen molar-refractivity contribution in [2.45, 2.75) is 19.9 Å². The van der Waals surface area contributed by atoms with E-state index in [0.29, 0.717) is 5.69 Å². The van der Waals surface area contributed by atoms with Crippen LogP contribution < -0.4 is 5.32 Å². The minimum absolute atomic E-state index is 0.00132. The van der Waals surface area contributed by atoms with E-state index in [1.807, 2.05) is 31.2 Å². The molecular formula is C17H18N2O4. The van der Waals surface area contributed by atoms with Crippen LogP contribution in [0.15, 0.2) is 48.5 Å². The van der Waals surface area contributed by atoms with Gasteiger partial charge in [-0.3, -0.25) is 10.1 Å². The fourth-order valence-corrected chi connectivity index (χ4v) is 2.11. The number of hydrogen-bond acceptors (Lipinski definition) is 5. The number of aryl methyl sites for hydroxylation is 1. The van der Waals surface area contributed by atoms with Gasteiger partial charge in [0.1, 0.15) is 0 Å². The van der Waals surface area contributed by atoms with Gasteiger partial charge in [-0.05, 0) is 31.5 Å². The third kappa shape index (κ3) is 4.29. The molecule has 0 aliphatic carbocycles. The molecule has 0 radical (unpaired) electrons. The van der Waals surface area contributed by atoms with Gasteiger partial charge in [-0.15, -0.1) is 0 Å². The quantitative estimate of drug-likeness (QED) is 0.500. The number of nitro groups is 1. The lowest BCUT2D eigenvalue weighted by Gasteiger charge is -2.19. The molecule has 0 amide bonds. The van der Waals surface area contributed by atoms with Crippen LogP contribution in [0.2, 0.25) is 0 Å². The maximum Gasteiger partial charge on any atom is 0.333 e. The highest BCUT2D eigenvalue weighted by Gasteiger charge is 2.22. The van der Waals surface area contributed by atoms with Crippen LogP contribution in [0.5, 0.6) is 0 Å². The summed E-state index contributed by atoms with van der Waals surface area (Å²) in [5.41, 5.74) is 2.46. The average Bonchev–Trinajstić information content (AvgIpc) is 2.54. The number of hydrogen-bond donors (Lipinski definition) is 1. The molecule has 6 nitrogen and oxygen atoms in total. The molecule has 0 aliphatic rings. The number of carbonyl (C=O) groups is 1. The molecule has 0 fully saturated rings. The number of non-ortho nitro benzene ring substituents is 1. The van der Waals surface area contributed by atoms with Crippen molar-refractivity contribution in [1.82, 2.24) is 0 Å². The molecule has 0 bridgehead atoms. The number of nitro benzene ring substituents is 1. The van der Waals surface area contributed by atoms with E-state index in [2.05, 4.69) is 5.32 Å². The van der Waals surface area contributed by atoms with Gasteiger partial charge in [0.25, 0.3) is 5.69 Å². The first-order chi connectivity index (χ1) is 11.0. The van der Waals surface area contributed by atoms with Crippen molar-refractivity contribution >= 4 is 17.3 Å². The number of benzene rings is 2. The normalized spacial score (nSPS) is 11.6. The van der Waals surface area contributed by atoms with E-state index < -0.39 is 16.9 Å². The van der Waals surface area contributed by atoms with Crippen LogP contribution >= 0.6 is 0 Å². The standard InChI is InChI=1S/C17H18N2O4/c1-3-23-17(20)16(13-6-4-12(2)5-7-13)18-14-8-10-15(11-9-14)19(21)22/h4-11,16,18H,3H2,1-2H3. The Morgan fingerprint density at radius 2 is 1.78 bits per heavy atom. The van der Waals surface area contributed by atoms with Gasteiger partial charge < -0.3 is 10.1 Å². The fraction of sp³-hybridized carbons (Fsp3) is 0.235. The van der Waals surface area contributed by atoms with Gasteiger partial charge in [-0.1, -0.05) is 29.8 Å². The van der Waals surface area contributed by atoms with Crippen molar-refractivity contribution in [2.75, 3.05) is 11.9 Å². The van der Waals surface area contributed by atoms with Crippen molar-refractivity contribution in [3.63, 3.8) is 0 Å². The molecule has 23 heavy (non-hydrogen) atoms. The predicted molar refractivity (Wildman–Crippen MR) is 87.3 cm³/mol. The maximum atomic E-state index is 12.2. The van der Waals surface area contributed by atoms with Crippen LogP contribution in [0, 0.1) is 17.0 Å². The average molecular weight is 314 g/mol. The largest absolute Gasteiger partial charge is 0.464 e. The van der Waals surface area contributed by atoms with Crippen LogP contribution in [-0.2, 0) is 9.53 Å². The molecular weight excluding hydrogens is 296 g/mol. The van der Waals surface area contributed by atoms with Gasteiger partial charge in [0.15, 0.2) is 6.04 Å². The number of nitrogens with one attached hydrogen (secondary N) is 1. The van der Waals surface area contributed by atoms with Crippen LogP contribution in [-0.4, -0.2) is 17.5 Å². The molecule has 2 aromatic rings. The lowest BCUT2D eigenvalue weighted by Crippen LogP contribution is -2.23. The summed E-state index contributed by atoms with van der Waals surface area (Å²) in [7, 11) is 0. The van der Waals surface area contributed by atoms with Gasteiger partial charge in [-0.2, -0.15) is 0 Å². The van der Waals surface area contributed by atoms with Crippen molar-refractivity contribution in [2.24, 2.45) is 0 Å². The van der Waals surface area contributed by atoms with E-state index in [4.69, 9.17) is 4.74 Å². The Morgan fingerprint density at radius 3 is 2.30 bits per heavy atom. The Balaban J connectivity index is 2.25. The molecule has 0 spiro atoms. The lowest BCUT2D eigenvalue weighted by molar-refractivity contribution is -0.384. The van der Waals surface area contributed by atoms with Crippen LogP contribution in [0.25, 0.3) is 0 Å². The van der Waals surface area contributed by atoms with Crippen molar-refractivity contribution in [3.05, 3.63) is 69.8 Å². The Labute approximate surface area is 134 Å². The second kappa shape index (κ2) is 7.40. The summed E-state index contributed by atoms with van der Waals surface area (Å²) in [5.74, 6) is -0.394. The van der Waals surface area contributed by atoms with Gasteiger partial charge in [-0.25, -0.2) is 4.79 Å². The summed E-state index contributed by atoms with van der Waals surface area (Å²) >= 11 is 0. The lowest BCUT2D eigenvalue weighted by atomic mass is 10.0. The van der Waals surface area contributed by atoms with E-state index in [1.165, 1.54) is 12.1 Å². The monoisotopic (exact) mass is 314 g/mol. The summed E-state index contributed by atoms with van der Waals surface area (Å²) in [5, 5.41) is 13.8. The van der Waals surface area contributed by atoms with E-state index in [1.54, 1.807) is 19.1 Å². The van der Waals surface area contributed by atoms with E-state index >= 15 is 0 Å². The molecule has 6 heteroatoms. The minimum Gasteiger partial charge on any atom is -0.464 e. The Bertz CT molecular complexity index is 681. The highest BCUT2D eigenvalue weighted by molar-refractivity contribution is 5.81. The molecule has 0 heterocycles. The Hall–Kier alpha value is -2.89. The summed E-state index contributed by atoms with van der Waals surface area (Å²) in [4.78, 5) is 22.4.